The summed E-state index contributed by atoms with van der Waals surface area (Å²) in [6.07, 6.45) is 1.00. The maximum atomic E-state index is 12.7. The highest BCUT2D eigenvalue weighted by atomic mass is 16.5. The zero-order valence-electron chi connectivity index (χ0n) is 18.6. The minimum atomic E-state index is -0.262. The van der Waals surface area contributed by atoms with Crippen LogP contribution in [0.3, 0.4) is 0 Å². The van der Waals surface area contributed by atoms with Gasteiger partial charge >= 0.3 is 6.03 Å². The molecule has 31 heavy (non-hydrogen) atoms. The molecule has 0 aliphatic carbocycles. The molecule has 0 bridgehead atoms. The molecule has 0 saturated carbocycles. The molecule has 0 atom stereocenters. The minimum absolute atomic E-state index is 0.262. The SMILES string of the molecule is COc1ccccc1NC(=O)N(C)Cc1nc(NCCCN(C)C)c2ccccc2n1. The maximum Gasteiger partial charge on any atom is 0.322 e. The minimum Gasteiger partial charge on any atom is -0.495 e. The molecule has 1 aromatic heterocycles. The summed E-state index contributed by atoms with van der Waals surface area (Å²) in [6.45, 7) is 2.08. The lowest BCUT2D eigenvalue weighted by atomic mass is 10.2. The quantitative estimate of drug-likeness (QED) is 0.512. The third kappa shape index (κ3) is 6.05. The average molecular weight is 423 g/mol. The Bertz CT molecular complexity index is 1020. The number of nitrogens with one attached hydrogen (secondary N) is 2. The zero-order chi connectivity index (χ0) is 22.2. The Morgan fingerprint density at radius 3 is 2.55 bits per heavy atom. The number of urea groups is 1. The molecule has 2 aromatic carbocycles. The summed E-state index contributed by atoms with van der Waals surface area (Å²) in [5.41, 5.74) is 1.46. The van der Waals surface area contributed by atoms with E-state index in [2.05, 4.69) is 34.6 Å². The van der Waals surface area contributed by atoms with Gasteiger partial charge in [-0.3, -0.25) is 0 Å². The normalized spacial score (nSPS) is 10.9. The number of methoxy groups -OCH3 is 1. The van der Waals surface area contributed by atoms with E-state index in [0.29, 0.717) is 17.3 Å². The number of rotatable bonds is 9. The fourth-order valence-electron chi connectivity index (χ4n) is 3.17. The van der Waals surface area contributed by atoms with E-state index < -0.39 is 0 Å². The first kappa shape index (κ1) is 22.3. The predicted molar refractivity (Wildman–Crippen MR) is 125 cm³/mol. The summed E-state index contributed by atoms with van der Waals surface area (Å²) in [5.74, 6) is 1.97. The molecule has 1 heterocycles. The van der Waals surface area contributed by atoms with E-state index in [1.807, 2.05) is 36.4 Å². The fraction of sp³-hybridized carbons (Fsp3) is 0.348. The number of fused-ring (bicyclic) bond motifs is 1. The van der Waals surface area contributed by atoms with Gasteiger partial charge in [-0.1, -0.05) is 24.3 Å². The molecule has 0 fully saturated rings. The molecule has 3 aromatic rings. The molecular formula is C23H30N6O2. The number of hydrogen-bond acceptors (Lipinski definition) is 6. The lowest BCUT2D eigenvalue weighted by Gasteiger charge is -2.19. The van der Waals surface area contributed by atoms with E-state index in [9.17, 15) is 4.79 Å². The van der Waals surface area contributed by atoms with Crippen molar-refractivity contribution >= 4 is 28.4 Å². The van der Waals surface area contributed by atoms with Crippen molar-refractivity contribution < 1.29 is 9.53 Å². The molecule has 0 saturated heterocycles. The molecule has 0 aliphatic rings. The Morgan fingerprint density at radius 2 is 1.77 bits per heavy atom. The fourth-order valence-corrected chi connectivity index (χ4v) is 3.17. The largest absolute Gasteiger partial charge is 0.495 e. The van der Waals surface area contributed by atoms with Crippen molar-refractivity contribution in [2.24, 2.45) is 0 Å². The van der Waals surface area contributed by atoms with Crippen LogP contribution < -0.4 is 15.4 Å². The van der Waals surface area contributed by atoms with Crippen LogP contribution in [0.4, 0.5) is 16.3 Å². The standard InChI is InChI=1S/C23H30N6O2/c1-28(2)15-9-14-24-22-17-10-5-6-11-18(17)25-21(27-22)16-29(3)23(30)26-19-12-7-8-13-20(19)31-4/h5-8,10-13H,9,14-16H2,1-4H3,(H,26,30)(H,24,25,27). The summed E-state index contributed by atoms with van der Waals surface area (Å²) in [5, 5.41) is 7.27. The Morgan fingerprint density at radius 1 is 1.03 bits per heavy atom. The van der Waals surface area contributed by atoms with E-state index in [0.717, 1.165) is 36.2 Å². The first-order valence-electron chi connectivity index (χ1n) is 10.3. The summed E-state index contributed by atoms with van der Waals surface area (Å²) in [7, 11) is 7.41. The van der Waals surface area contributed by atoms with Crippen LogP contribution in [0, 0.1) is 0 Å². The molecule has 2 N–H and O–H groups in total. The van der Waals surface area contributed by atoms with Gasteiger partial charge in [-0.25, -0.2) is 14.8 Å². The van der Waals surface area contributed by atoms with Crippen LogP contribution in [0.25, 0.3) is 10.9 Å². The van der Waals surface area contributed by atoms with Crippen LogP contribution in [-0.4, -0.2) is 67.1 Å². The highest BCUT2D eigenvalue weighted by Gasteiger charge is 2.15. The van der Waals surface area contributed by atoms with Gasteiger partial charge in [-0.2, -0.15) is 0 Å². The van der Waals surface area contributed by atoms with Crippen LogP contribution in [-0.2, 0) is 6.54 Å². The summed E-state index contributed by atoms with van der Waals surface area (Å²) in [4.78, 5) is 25.7. The second-order valence-electron chi connectivity index (χ2n) is 7.58. The van der Waals surface area contributed by atoms with Gasteiger partial charge in [-0.15, -0.1) is 0 Å². The van der Waals surface area contributed by atoms with Crippen LogP contribution in [0.5, 0.6) is 5.75 Å². The number of carbonyl (C=O) groups is 1. The lowest BCUT2D eigenvalue weighted by Crippen LogP contribution is -2.31. The molecule has 164 valence electrons. The van der Waals surface area contributed by atoms with Crippen LogP contribution in [0.2, 0.25) is 0 Å². The second kappa shape index (κ2) is 10.6. The van der Waals surface area contributed by atoms with Crippen molar-refractivity contribution in [1.82, 2.24) is 19.8 Å². The van der Waals surface area contributed by atoms with E-state index in [1.165, 1.54) is 0 Å². The van der Waals surface area contributed by atoms with Crippen LogP contribution in [0.1, 0.15) is 12.2 Å². The topological polar surface area (TPSA) is 82.6 Å². The highest BCUT2D eigenvalue weighted by molar-refractivity contribution is 5.91. The monoisotopic (exact) mass is 422 g/mol. The molecule has 2 amide bonds. The second-order valence-corrected chi connectivity index (χ2v) is 7.58. The van der Waals surface area contributed by atoms with Crippen molar-refractivity contribution in [1.29, 1.82) is 0 Å². The Balaban J connectivity index is 1.73. The van der Waals surface area contributed by atoms with Gasteiger partial charge in [0, 0.05) is 19.0 Å². The van der Waals surface area contributed by atoms with E-state index in [-0.39, 0.29) is 12.6 Å². The predicted octanol–water partition coefficient (Wildman–Crippen LogP) is 3.67. The number of ether oxygens (including phenoxy) is 1. The van der Waals surface area contributed by atoms with Gasteiger partial charge in [0.1, 0.15) is 11.6 Å². The first-order chi connectivity index (χ1) is 15.0. The Hall–Kier alpha value is -3.39. The number of para-hydroxylation sites is 3. The molecular weight excluding hydrogens is 392 g/mol. The van der Waals surface area contributed by atoms with E-state index in [4.69, 9.17) is 9.72 Å². The number of amides is 2. The van der Waals surface area contributed by atoms with Gasteiger partial charge in [0.15, 0.2) is 5.82 Å². The number of anilines is 2. The van der Waals surface area contributed by atoms with Crippen LogP contribution in [0.15, 0.2) is 48.5 Å². The first-order valence-corrected chi connectivity index (χ1v) is 10.3. The number of aromatic nitrogens is 2. The van der Waals surface area contributed by atoms with Gasteiger partial charge in [0.25, 0.3) is 0 Å². The molecule has 8 heteroatoms. The van der Waals surface area contributed by atoms with Crippen molar-refractivity contribution in [2.45, 2.75) is 13.0 Å². The smallest absolute Gasteiger partial charge is 0.322 e. The van der Waals surface area contributed by atoms with E-state index in [1.54, 1.807) is 31.2 Å². The van der Waals surface area contributed by atoms with Gasteiger partial charge < -0.3 is 25.2 Å². The van der Waals surface area contributed by atoms with Gasteiger partial charge in [0.2, 0.25) is 0 Å². The number of hydrogen-bond donors (Lipinski definition) is 2. The molecule has 0 radical (unpaired) electrons. The lowest BCUT2D eigenvalue weighted by molar-refractivity contribution is 0.219. The summed E-state index contributed by atoms with van der Waals surface area (Å²) >= 11 is 0. The molecule has 0 aliphatic heterocycles. The van der Waals surface area contributed by atoms with E-state index >= 15 is 0 Å². The van der Waals surface area contributed by atoms with Gasteiger partial charge in [-0.05, 0) is 51.3 Å². The van der Waals surface area contributed by atoms with Gasteiger partial charge in [0.05, 0.1) is 24.9 Å². The number of nitrogens with zero attached hydrogens (tertiary/aromatic N) is 4. The molecule has 0 unspecified atom stereocenters. The highest BCUT2D eigenvalue weighted by Crippen LogP contribution is 2.24. The van der Waals surface area contributed by atoms with Crippen molar-refractivity contribution in [2.75, 3.05) is 52.0 Å². The third-order valence-corrected chi connectivity index (χ3v) is 4.80. The van der Waals surface area contributed by atoms with Crippen molar-refractivity contribution in [3.05, 3.63) is 54.4 Å². The number of carbonyl (C=O) groups excluding carboxylic acids is 1. The van der Waals surface area contributed by atoms with Crippen molar-refractivity contribution in [3.8, 4) is 5.75 Å². The molecule has 8 nitrogen and oxygen atoms in total. The maximum absolute atomic E-state index is 12.7. The van der Waals surface area contributed by atoms with Crippen LogP contribution >= 0.6 is 0 Å². The molecule has 3 rings (SSSR count). The Labute approximate surface area is 183 Å². The Kier molecular flexibility index (Phi) is 7.61. The zero-order valence-corrected chi connectivity index (χ0v) is 18.6. The average Bonchev–Trinajstić information content (AvgIpc) is 2.76. The number of benzene rings is 2. The molecule has 0 spiro atoms. The summed E-state index contributed by atoms with van der Waals surface area (Å²) in [6, 6.07) is 14.9. The summed E-state index contributed by atoms with van der Waals surface area (Å²) < 4.78 is 5.30. The third-order valence-electron chi connectivity index (χ3n) is 4.80. The van der Waals surface area contributed by atoms with Crippen molar-refractivity contribution in [3.63, 3.8) is 0 Å².